The van der Waals surface area contributed by atoms with Crippen molar-refractivity contribution in [1.29, 1.82) is 0 Å². The predicted molar refractivity (Wildman–Crippen MR) is 53.8 cm³/mol. The second kappa shape index (κ2) is 4.07. The average molecular weight is 197 g/mol. The molecule has 1 aromatic rings. The highest BCUT2D eigenvalue weighted by Crippen LogP contribution is 2.16. The standard InChI is InChI=1S/C10H13ClN2/c11-9-4-6-13(7-9)8-10-3-1-2-5-12-10/h1-3,5,9H,4,6-8H2. The van der Waals surface area contributed by atoms with Gasteiger partial charge in [-0.15, -0.1) is 11.6 Å². The van der Waals surface area contributed by atoms with Crippen molar-refractivity contribution in [3.05, 3.63) is 30.1 Å². The van der Waals surface area contributed by atoms with E-state index < -0.39 is 0 Å². The Morgan fingerprint density at radius 2 is 2.46 bits per heavy atom. The molecular weight excluding hydrogens is 184 g/mol. The highest BCUT2D eigenvalue weighted by atomic mass is 35.5. The summed E-state index contributed by atoms with van der Waals surface area (Å²) in [5.74, 6) is 0. The summed E-state index contributed by atoms with van der Waals surface area (Å²) in [6.07, 6.45) is 2.94. The summed E-state index contributed by atoms with van der Waals surface area (Å²) in [6, 6.07) is 6.02. The van der Waals surface area contributed by atoms with Crippen LogP contribution >= 0.6 is 11.6 Å². The van der Waals surface area contributed by atoms with Gasteiger partial charge in [-0.05, 0) is 18.6 Å². The third-order valence-electron chi connectivity index (χ3n) is 2.33. The van der Waals surface area contributed by atoms with E-state index in [1.165, 1.54) is 0 Å². The van der Waals surface area contributed by atoms with E-state index in [0.29, 0.717) is 5.38 Å². The number of pyridine rings is 1. The molecule has 0 spiro atoms. The topological polar surface area (TPSA) is 16.1 Å². The first-order valence-electron chi connectivity index (χ1n) is 4.61. The molecule has 0 radical (unpaired) electrons. The first-order valence-corrected chi connectivity index (χ1v) is 5.04. The fourth-order valence-corrected chi connectivity index (χ4v) is 1.94. The minimum absolute atomic E-state index is 0.337. The van der Waals surface area contributed by atoms with E-state index in [9.17, 15) is 0 Å². The van der Waals surface area contributed by atoms with Gasteiger partial charge in [0.2, 0.25) is 0 Å². The highest BCUT2D eigenvalue weighted by Gasteiger charge is 2.20. The lowest BCUT2D eigenvalue weighted by molar-refractivity contribution is 0.328. The van der Waals surface area contributed by atoms with Crippen LogP contribution in [0.5, 0.6) is 0 Å². The number of rotatable bonds is 2. The number of halogens is 1. The fourth-order valence-electron chi connectivity index (χ4n) is 1.65. The third-order valence-corrected chi connectivity index (χ3v) is 2.68. The van der Waals surface area contributed by atoms with Crippen LogP contribution in [0.25, 0.3) is 0 Å². The summed E-state index contributed by atoms with van der Waals surface area (Å²) in [5.41, 5.74) is 1.13. The van der Waals surface area contributed by atoms with Gasteiger partial charge in [-0.2, -0.15) is 0 Å². The SMILES string of the molecule is ClC1CCN(Cc2ccccn2)C1. The van der Waals surface area contributed by atoms with Gasteiger partial charge in [0, 0.05) is 31.2 Å². The lowest BCUT2D eigenvalue weighted by Crippen LogP contribution is -2.20. The molecular formula is C10H13ClN2. The zero-order valence-corrected chi connectivity index (χ0v) is 8.24. The molecule has 2 rings (SSSR count). The lowest BCUT2D eigenvalue weighted by atomic mass is 10.3. The maximum absolute atomic E-state index is 6.01. The molecule has 1 aromatic heterocycles. The van der Waals surface area contributed by atoms with Crippen LogP contribution < -0.4 is 0 Å². The quantitative estimate of drug-likeness (QED) is 0.672. The van der Waals surface area contributed by atoms with Gasteiger partial charge in [0.05, 0.1) is 5.69 Å². The van der Waals surface area contributed by atoms with E-state index >= 15 is 0 Å². The normalized spacial score (nSPS) is 23.6. The summed E-state index contributed by atoms with van der Waals surface area (Å²) < 4.78 is 0. The zero-order chi connectivity index (χ0) is 9.10. The van der Waals surface area contributed by atoms with Crippen molar-refractivity contribution < 1.29 is 0 Å². The molecule has 13 heavy (non-hydrogen) atoms. The lowest BCUT2D eigenvalue weighted by Gasteiger charge is -2.13. The molecule has 0 N–H and O–H groups in total. The van der Waals surface area contributed by atoms with Crippen molar-refractivity contribution in [3.8, 4) is 0 Å². The van der Waals surface area contributed by atoms with Gasteiger partial charge in [0.1, 0.15) is 0 Å². The fraction of sp³-hybridized carbons (Fsp3) is 0.500. The van der Waals surface area contributed by atoms with E-state index in [4.69, 9.17) is 11.6 Å². The van der Waals surface area contributed by atoms with Gasteiger partial charge in [-0.3, -0.25) is 9.88 Å². The molecule has 3 heteroatoms. The van der Waals surface area contributed by atoms with E-state index in [0.717, 1.165) is 31.7 Å². The molecule has 70 valence electrons. The molecule has 2 nitrogen and oxygen atoms in total. The summed E-state index contributed by atoms with van der Waals surface area (Å²) in [5, 5.41) is 0.337. The van der Waals surface area contributed by atoms with Gasteiger partial charge < -0.3 is 0 Å². The van der Waals surface area contributed by atoms with Gasteiger partial charge in [-0.25, -0.2) is 0 Å². The number of hydrogen-bond acceptors (Lipinski definition) is 2. The maximum Gasteiger partial charge on any atom is 0.0543 e. The minimum atomic E-state index is 0.337. The first-order chi connectivity index (χ1) is 6.34. The van der Waals surface area contributed by atoms with Crippen LogP contribution in [0.15, 0.2) is 24.4 Å². The molecule has 2 heterocycles. The largest absolute Gasteiger partial charge is 0.296 e. The molecule has 1 unspecified atom stereocenters. The van der Waals surface area contributed by atoms with Crippen molar-refractivity contribution in [1.82, 2.24) is 9.88 Å². The van der Waals surface area contributed by atoms with Crippen LogP contribution in [0.2, 0.25) is 0 Å². The van der Waals surface area contributed by atoms with Gasteiger partial charge in [0.25, 0.3) is 0 Å². The van der Waals surface area contributed by atoms with Crippen molar-refractivity contribution in [2.24, 2.45) is 0 Å². The van der Waals surface area contributed by atoms with Gasteiger partial charge in [-0.1, -0.05) is 6.07 Å². The van der Waals surface area contributed by atoms with Crippen molar-refractivity contribution >= 4 is 11.6 Å². The van der Waals surface area contributed by atoms with E-state index in [1.807, 2.05) is 18.3 Å². The Labute approximate surface area is 83.5 Å². The Bertz CT molecular complexity index is 263. The Morgan fingerprint density at radius 1 is 1.54 bits per heavy atom. The van der Waals surface area contributed by atoms with Crippen molar-refractivity contribution in [2.45, 2.75) is 18.3 Å². The summed E-state index contributed by atoms with van der Waals surface area (Å²) in [4.78, 5) is 6.63. The second-order valence-electron chi connectivity index (χ2n) is 3.44. The third kappa shape index (κ3) is 2.42. The summed E-state index contributed by atoms with van der Waals surface area (Å²) >= 11 is 6.01. The molecule has 0 amide bonds. The van der Waals surface area contributed by atoms with Crippen molar-refractivity contribution in [3.63, 3.8) is 0 Å². The highest BCUT2D eigenvalue weighted by molar-refractivity contribution is 6.20. The Kier molecular flexibility index (Phi) is 2.81. The molecule has 0 saturated carbocycles. The molecule has 1 fully saturated rings. The molecule has 1 aliphatic heterocycles. The molecule has 1 atom stereocenters. The molecule has 1 aliphatic rings. The van der Waals surface area contributed by atoms with E-state index in [-0.39, 0.29) is 0 Å². The maximum atomic E-state index is 6.01. The Hall–Kier alpha value is -0.600. The average Bonchev–Trinajstić information content (AvgIpc) is 2.53. The van der Waals surface area contributed by atoms with Gasteiger partial charge in [0.15, 0.2) is 0 Å². The molecule has 0 bridgehead atoms. The number of nitrogens with zero attached hydrogens (tertiary/aromatic N) is 2. The summed E-state index contributed by atoms with van der Waals surface area (Å²) in [6.45, 7) is 3.03. The Balaban J connectivity index is 1.92. The Morgan fingerprint density at radius 3 is 3.08 bits per heavy atom. The first kappa shape index (κ1) is 8.97. The molecule has 1 saturated heterocycles. The van der Waals surface area contributed by atoms with Gasteiger partial charge >= 0.3 is 0 Å². The smallest absolute Gasteiger partial charge is 0.0543 e. The number of alkyl halides is 1. The summed E-state index contributed by atoms with van der Waals surface area (Å²) in [7, 11) is 0. The molecule has 0 aromatic carbocycles. The van der Waals surface area contributed by atoms with Crippen LogP contribution in [0.1, 0.15) is 12.1 Å². The van der Waals surface area contributed by atoms with Crippen LogP contribution in [-0.4, -0.2) is 28.4 Å². The van der Waals surface area contributed by atoms with Crippen molar-refractivity contribution in [2.75, 3.05) is 13.1 Å². The monoisotopic (exact) mass is 196 g/mol. The molecule has 0 aliphatic carbocycles. The van der Waals surface area contributed by atoms with Crippen LogP contribution in [0, 0.1) is 0 Å². The predicted octanol–water partition coefficient (Wildman–Crippen LogP) is 1.89. The van der Waals surface area contributed by atoms with E-state index in [1.54, 1.807) is 0 Å². The number of likely N-dealkylation sites (tertiary alicyclic amines) is 1. The van der Waals surface area contributed by atoms with E-state index in [2.05, 4.69) is 16.0 Å². The van der Waals surface area contributed by atoms with Crippen LogP contribution in [-0.2, 0) is 6.54 Å². The minimum Gasteiger partial charge on any atom is -0.296 e. The van der Waals surface area contributed by atoms with Crippen LogP contribution in [0.4, 0.5) is 0 Å². The second-order valence-corrected chi connectivity index (χ2v) is 4.06. The van der Waals surface area contributed by atoms with Crippen LogP contribution in [0.3, 0.4) is 0 Å². The zero-order valence-electron chi connectivity index (χ0n) is 7.49. The number of hydrogen-bond donors (Lipinski definition) is 0. The number of aromatic nitrogens is 1.